The molecule has 6 aromatic heterocycles. The summed E-state index contributed by atoms with van der Waals surface area (Å²) in [5.41, 5.74) is 7.40. The van der Waals surface area contributed by atoms with Crippen LogP contribution in [0.2, 0.25) is 0 Å². The quantitative estimate of drug-likeness (QED) is 0.00662. The maximum absolute atomic E-state index is 13.8. The number of ether oxygens (including phenoxy) is 6. The van der Waals surface area contributed by atoms with Gasteiger partial charge in [-0.1, -0.05) is 88.7 Å². The molecule has 133 heavy (non-hydrogen) atoms. The number of methoxy groups -OCH3 is 2. The lowest BCUT2D eigenvalue weighted by Crippen LogP contribution is -2.34. The van der Waals surface area contributed by atoms with Crippen LogP contribution in [-0.2, 0) is 65.3 Å². The van der Waals surface area contributed by atoms with E-state index < -0.39 is 29.4 Å². The average Bonchev–Trinajstić information content (AvgIpc) is 1.70. The number of halogens is 8. The molecule has 3 amide bonds. The number of ketones is 2. The Morgan fingerprint density at radius 1 is 0.444 bits per heavy atom. The van der Waals surface area contributed by atoms with E-state index in [2.05, 4.69) is 21.4 Å². The molecule has 0 unspecified atom stereocenters. The predicted molar refractivity (Wildman–Crippen MR) is 514 cm³/mol. The van der Waals surface area contributed by atoms with Crippen LogP contribution < -0.4 is 24.4 Å². The van der Waals surface area contributed by atoms with Crippen molar-refractivity contribution in [2.24, 2.45) is 0 Å². The molecule has 39 heteroatoms. The molecule has 0 fully saturated rings. The minimum absolute atomic E-state index is 0. The summed E-state index contributed by atoms with van der Waals surface area (Å²) >= 11 is 11.4. The first-order valence-electron chi connectivity index (χ1n) is 40.0. The van der Waals surface area contributed by atoms with E-state index >= 15 is 0 Å². The molecule has 0 saturated carbocycles. The summed E-state index contributed by atoms with van der Waals surface area (Å²) in [6.45, 7) is 11.3. The van der Waals surface area contributed by atoms with Crippen LogP contribution >= 0.6 is 96.4 Å². The Balaban J connectivity index is 0.000000241. The van der Waals surface area contributed by atoms with Gasteiger partial charge in [0.1, 0.15) is 72.5 Å². The summed E-state index contributed by atoms with van der Waals surface area (Å²) in [5.74, 6) is -1.56. The number of nitrogens with one attached hydrogen (secondary N) is 1. The highest BCUT2D eigenvalue weighted by atomic mass is 79.9. The zero-order valence-electron chi connectivity index (χ0n) is 74.2. The monoisotopic (exact) mass is 2040 g/mol. The van der Waals surface area contributed by atoms with Gasteiger partial charge in [0.15, 0.2) is 40.9 Å². The summed E-state index contributed by atoms with van der Waals surface area (Å²) in [7, 11) is 8.79. The molecule has 0 bridgehead atoms. The van der Waals surface area contributed by atoms with Gasteiger partial charge >= 0.3 is 18.2 Å². The molecular weight excluding hydrogens is 1940 g/mol. The summed E-state index contributed by atoms with van der Waals surface area (Å²) in [4.78, 5) is 95.8. The molecule has 0 aliphatic rings. The van der Waals surface area contributed by atoms with E-state index in [4.69, 9.17) is 68.6 Å². The van der Waals surface area contributed by atoms with E-state index in [9.17, 15) is 59.9 Å². The molecule has 25 nitrogen and oxygen atoms in total. The number of hydroxylamine groups is 7. The number of aliphatic hydroxyl groups is 3. The number of hydrogen-bond acceptors (Lipinski definition) is 27. The standard InChI is InChI=1S/C23H24FNO6S.C15H18FNO3S.C13H16O6.C10H10FNOS.C9H6BrFS.C9H7FOS.C9H5FOS.C6H13NO3.ClH/c1-25(31-13-16-14-32-23-17(16)4-3-5-18(23)24)22(28)9-7-19(27)15-6-8-20(30-11-10-26)21(12-15)29-2;1-15(2,3)20-14(18)17(4)19-8-10-9-21-13-11(10)6-5-7-12(13)16;1-18-12-8-9(10(15)3-5-13(16)17)2-4-11(12)19-7-6-14;1-12-13-5-7-6-14-10-8(7)3-2-4-9(10)11;10-4-6-5-12-9-7(6)2-1-3-8(9)11;2*10-8-3-1-2-7-6(4-11)5-12-9(7)8;1-6(2,3)10-5(8)7(4)9;/h3-6,8,12,14,26H,7,9-11,13H2,1-2H3;5-7,9H,8H2,1-4H3;2,4,8,14H,3,5-7H2,1H3,(H,16,17);2-4,6,12H,5H2,1H3;1-3,5H,4H2;1-3,5,11H,4H2;1-5H;9H,1-4H3;1H. The summed E-state index contributed by atoms with van der Waals surface area (Å²) in [6.07, 6.45) is -0.850. The molecule has 6 heterocycles. The molecule has 0 atom stereocenters. The number of aliphatic hydroxyl groups excluding tert-OH is 3. The number of carboxylic acids is 1. The Morgan fingerprint density at radius 3 is 1.13 bits per heavy atom. The number of carbonyl (C=O) groups is 7. The van der Waals surface area contributed by atoms with Crippen molar-refractivity contribution in [1.82, 2.24) is 20.7 Å². The summed E-state index contributed by atoms with van der Waals surface area (Å²) < 4.78 is 114. The van der Waals surface area contributed by atoms with Crippen LogP contribution in [0.25, 0.3) is 60.5 Å². The van der Waals surface area contributed by atoms with Crippen molar-refractivity contribution in [2.45, 2.75) is 110 Å². The van der Waals surface area contributed by atoms with Gasteiger partial charge in [-0.2, -0.15) is 10.1 Å². The fraction of sp³-hybridized carbons (Fsp3) is 0.287. The number of benzene rings is 8. The zero-order valence-corrected chi connectivity index (χ0v) is 81.5. The Morgan fingerprint density at radius 2 is 0.782 bits per heavy atom. The number of hydrogen-bond donors (Lipinski definition) is 6. The Labute approximate surface area is 801 Å². The Kier molecular flexibility index (Phi) is 46.0. The van der Waals surface area contributed by atoms with E-state index in [0.29, 0.717) is 80.2 Å². The summed E-state index contributed by atoms with van der Waals surface area (Å²) in [6, 6.07) is 39.0. The van der Waals surface area contributed by atoms with Crippen molar-refractivity contribution < 1.29 is 128 Å². The van der Waals surface area contributed by atoms with Crippen molar-refractivity contribution >= 4 is 199 Å². The van der Waals surface area contributed by atoms with E-state index in [1.54, 1.807) is 138 Å². The molecule has 14 rings (SSSR count). The lowest BCUT2D eigenvalue weighted by Gasteiger charge is -2.23. The molecule has 0 aliphatic heterocycles. The number of fused-ring (bicyclic) bond motifs is 6. The number of alkyl halides is 1. The first-order chi connectivity index (χ1) is 62.9. The fourth-order valence-corrected chi connectivity index (χ4v) is 17.9. The van der Waals surface area contributed by atoms with Crippen molar-refractivity contribution in [2.75, 3.05) is 68.8 Å². The number of aldehydes is 1. The number of carboxylic acid groups (broad SMARTS) is 1. The largest absolute Gasteiger partial charge is 0.493 e. The number of amides is 3. The summed E-state index contributed by atoms with van der Waals surface area (Å²) in [5, 5.41) is 62.9. The van der Waals surface area contributed by atoms with E-state index in [1.165, 1.54) is 146 Å². The first kappa shape index (κ1) is 111. The second kappa shape index (κ2) is 55.2. The SMILES string of the molecule is CN(O)C(=O)OC(C)(C)C.CN(OCc1csc2c(F)cccc12)C(=O)OC(C)(C)C.CNOCc1csc2c(F)cccc12.COc1cc(C(=O)CCC(=O)N(C)OCc2csc3c(F)cccc23)ccc1OCCO.COc1cc(C(=O)CCC(=O)O)ccc1OCCO.Cl.Fc1cccc2c(CBr)csc12.O=Cc1csc2c(F)cccc12.OCc1csc2c(F)cccc12. The smallest absolute Gasteiger partial charge is 0.434 e. The highest BCUT2D eigenvalue weighted by Gasteiger charge is 2.24. The number of nitrogens with zero attached hydrogens (tertiary/aromatic N) is 3. The maximum atomic E-state index is 13.8. The third kappa shape index (κ3) is 34.0. The molecule has 0 spiro atoms. The number of Topliss-reactive ketones (excluding diaryl/α,β-unsaturated/α-hetero) is 2. The molecule has 0 saturated heterocycles. The predicted octanol–water partition coefficient (Wildman–Crippen LogP) is 23.1. The van der Waals surface area contributed by atoms with Gasteiger partial charge in [-0.25, -0.2) is 46.5 Å². The van der Waals surface area contributed by atoms with E-state index in [0.717, 1.165) is 81.2 Å². The van der Waals surface area contributed by atoms with E-state index in [-0.39, 0.29) is 137 Å². The van der Waals surface area contributed by atoms with Crippen molar-refractivity contribution in [3.63, 3.8) is 0 Å². The topological polar surface area (TPSA) is 325 Å². The second-order valence-electron chi connectivity index (χ2n) is 29.6. The highest BCUT2D eigenvalue weighted by molar-refractivity contribution is 9.08. The number of thiophene rings is 6. The molecule has 0 aliphatic carbocycles. The van der Waals surface area contributed by atoms with Crippen LogP contribution in [0.3, 0.4) is 0 Å². The van der Waals surface area contributed by atoms with E-state index in [1.807, 2.05) is 46.5 Å². The normalized spacial score (nSPS) is 10.8. The molecule has 0 radical (unpaired) electrons. The molecule has 6 N–H and O–H groups in total. The highest BCUT2D eigenvalue weighted by Crippen LogP contribution is 2.36. The van der Waals surface area contributed by atoms with Crippen LogP contribution in [0, 0.1) is 34.9 Å². The fourth-order valence-electron chi connectivity index (χ4n) is 11.4. The van der Waals surface area contributed by atoms with Gasteiger partial charge in [0.05, 0.1) is 75.3 Å². The zero-order chi connectivity index (χ0) is 96.9. The van der Waals surface area contributed by atoms with Crippen LogP contribution in [0.5, 0.6) is 23.0 Å². The third-order valence-electron chi connectivity index (χ3n) is 17.8. The number of rotatable bonds is 28. The van der Waals surface area contributed by atoms with Gasteiger partial charge in [0.2, 0.25) is 5.91 Å². The van der Waals surface area contributed by atoms with Gasteiger partial charge < -0.3 is 48.8 Å². The first-order valence-corrected chi connectivity index (χ1v) is 46.4. The minimum atomic E-state index is -1.01. The lowest BCUT2D eigenvalue weighted by molar-refractivity contribution is -0.182. The molecule has 14 aromatic rings. The van der Waals surface area contributed by atoms with Crippen LogP contribution in [0.15, 0.2) is 178 Å². The van der Waals surface area contributed by atoms with Crippen LogP contribution in [0.4, 0.5) is 35.9 Å². The number of carbonyl (C=O) groups excluding carboxylic acids is 6. The van der Waals surface area contributed by atoms with Crippen molar-refractivity contribution in [3.05, 3.63) is 257 Å². The number of aliphatic carboxylic acids is 1. The van der Waals surface area contributed by atoms with Gasteiger partial charge in [-0.15, -0.1) is 80.4 Å². The lowest BCUT2D eigenvalue weighted by atomic mass is 10.1. The molecular formula is C94H100BrClF6N4O21S6. The molecule has 8 aromatic carbocycles. The van der Waals surface area contributed by atoms with Crippen molar-refractivity contribution in [1.29, 1.82) is 0 Å². The van der Waals surface area contributed by atoms with Crippen LogP contribution in [0.1, 0.15) is 126 Å². The molecule has 714 valence electrons. The minimum Gasteiger partial charge on any atom is -0.493 e. The Hall–Kier alpha value is -10.8. The second-order valence-corrected chi connectivity index (χ2v) is 35.5. The van der Waals surface area contributed by atoms with Gasteiger partial charge in [0, 0.05) is 102 Å². The van der Waals surface area contributed by atoms with Gasteiger partial charge in [0.25, 0.3) is 0 Å². The van der Waals surface area contributed by atoms with Gasteiger partial charge in [-0.3, -0.25) is 43.7 Å². The van der Waals surface area contributed by atoms with Crippen molar-refractivity contribution in [3.8, 4) is 23.0 Å². The Bertz CT molecular complexity index is 6080. The maximum Gasteiger partial charge on any atom is 0.434 e. The van der Waals surface area contributed by atoms with Gasteiger partial charge in [-0.05, 0) is 174 Å². The third-order valence-corrected chi connectivity index (χ3v) is 24.7. The average molecular weight is 2040 g/mol. The van der Waals surface area contributed by atoms with Crippen LogP contribution in [-0.4, -0.2) is 163 Å².